The molecule has 1 aliphatic heterocycles. The highest BCUT2D eigenvalue weighted by molar-refractivity contribution is 5.81. The van der Waals surface area contributed by atoms with Crippen molar-refractivity contribution in [1.29, 1.82) is 0 Å². The van der Waals surface area contributed by atoms with Crippen LogP contribution in [0.4, 0.5) is 5.69 Å². The SMILES string of the molecule is Cc1c(CNC(=O)C2CNCCO2)cccc1[N+](=O)[O-]. The van der Waals surface area contributed by atoms with E-state index in [0.717, 1.165) is 12.1 Å². The van der Waals surface area contributed by atoms with Crippen molar-refractivity contribution in [3.63, 3.8) is 0 Å². The predicted molar refractivity (Wildman–Crippen MR) is 72.3 cm³/mol. The lowest BCUT2D eigenvalue weighted by molar-refractivity contribution is -0.385. The Balaban J connectivity index is 1.98. The molecule has 0 radical (unpaired) electrons. The van der Waals surface area contributed by atoms with Gasteiger partial charge in [-0.3, -0.25) is 14.9 Å². The number of hydrogen-bond acceptors (Lipinski definition) is 5. The largest absolute Gasteiger partial charge is 0.366 e. The molecule has 1 aromatic rings. The summed E-state index contributed by atoms with van der Waals surface area (Å²) in [6, 6.07) is 4.84. The van der Waals surface area contributed by atoms with Gasteiger partial charge in [0.05, 0.1) is 11.5 Å². The summed E-state index contributed by atoms with van der Waals surface area (Å²) < 4.78 is 5.34. The van der Waals surface area contributed by atoms with E-state index in [-0.39, 0.29) is 18.1 Å². The molecule has 1 saturated heterocycles. The zero-order chi connectivity index (χ0) is 14.5. The fourth-order valence-corrected chi connectivity index (χ4v) is 2.09. The number of hydrogen-bond donors (Lipinski definition) is 2. The lowest BCUT2D eigenvalue weighted by Crippen LogP contribution is -2.47. The van der Waals surface area contributed by atoms with Crippen LogP contribution >= 0.6 is 0 Å². The van der Waals surface area contributed by atoms with Crippen LogP contribution in [0.2, 0.25) is 0 Å². The van der Waals surface area contributed by atoms with Crippen LogP contribution in [-0.2, 0) is 16.1 Å². The van der Waals surface area contributed by atoms with Crippen LogP contribution in [-0.4, -0.2) is 36.6 Å². The second-order valence-electron chi connectivity index (χ2n) is 4.60. The van der Waals surface area contributed by atoms with E-state index >= 15 is 0 Å². The maximum Gasteiger partial charge on any atom is 0.272 e. The zero-order valence-corrected chi connectivity index (χ0v) is 11.2. The molecule has 7 nitrogen and oxygen atoms in total. The number of ether oxygens (including phenoxy) is 1. The molecule has 1 atom stereocenters. The van der Waals surface area contributed by atoms with Gasteiger partial charge in [-0.15, -0.1) is 0 Å². The minimum absolute atomic E-state index is 0.0623. The van der Waals surface area contributed by atoms with Gasteiger partial charge in [-0.1, -0.05) is 12.1 Å². The Morgan fingerprint density at radius 3 is 3.05 bits per heavy atom. The first-order valence-electron chi connectivity index (χ1n) is 6.42. The van der Waals surface area contributed by atoms with Gasteiger partial charge < -0.3 is 15.4 Å². The third-order valence-electron chi connectivity index (χ3n) is 3.29. The molecule has 1 aliphatic rings. The second kappa shape index (κ2) is 6.44. The maximum atomic E-state index is 11.9. The number of nitrogens with one attached hydrogen (secondary N) is 2. The molecule has 1 amide bonds. The van der Waals surface area contributed by atoms with Crippen LogP contribution in [0.25, 0.3) is 0 Å². The highest BCUT2D eigenvalue weighted by Gasteiger charge is 2.22. The third kappa shape index (κ3) is 3.31. The van der Waals surface area contributed by atoms with Gasteiger partial charge in [-0.05, 0) is 12.5 Å². The number of rotatable bonds is 4. The molecule has 1 heterocycles. The van der Waals surface area contributed by atoms with Crippen LogP contribution in [0, 0.1) is 17.0 Å². The van der Waals surface area contributed by atoms with E-state index in [1.165, 1.54) is 6.07 Å². The molecule has 2 rings (SSSR count). The van der Waals surface area contributed by atoms with Crippen LogP contribution in [0.1, 0.15) is 11.1 Å². The van der Waals surface area contributed by atoms with E-state index in [1.807, 2.05) is 0 Å². The molecule has 1 aromatic carbocycles. The Labute approximate surface area is 116 Å². The summed E-state index contributed by atoms with van der Waals surface area (Å²) in [5.41, 5.74) is 1.36. The molecule has 7 heteroatoms. The molecule has 1 fully saturated rings. The van der Waals surface area contributed by atoms with Crippen molar-refractivity contribution >= 4 is 11.6 Å². The molecular formula is C13H17N3O4. The molecule has 0 aromatic heterocycles. The molecule has 20 heavy (non-hydrogen) atoms. The topological polar surface area (TPSA) is 93.5 Å². The van der Waals surface area contributed by atoms with Crippen molar-refractivity contribution in [2.45, 2.75) is 19.6 Å². The van der Waals surface area contributed by atoms with Gasteiger partial charge in [0.25, 0.3) is 11.6 Å². The van der Waals surface area contributed by atoms with E-state index in [4.69, 9.17) is 4.74 Å². The smallest absolute Gasteiger partial charge is 0.272 e. The molecule has 1 unspecified atom stereocenters. The molecular weight excluding hydrogens is 262 g/mol. The summed E-state index contributed by atoms with van der Waals surface area (Å²) in [6.45, 7) is 3.67. The minimum Gasteiger partial charge on any atom is -0.366 e. The van der Waals surface area contributed by atoms with Crippen molar-refractivity contribution < 1.29 is 14.5 Å². The lowest BCUT2D eigenvalue weighted by Gasteiger charge is -2.22. The van der Waals surface area contributed by atoms with Gasteiger partial charge in [0, 0.05) is 31.3 Å². The minimum atomic E-state index is -0.497. The molecule has 0 saturated carbocycles. The number of benzene rings is 1. The number of carbonyl (C=O) groups is 1. The Morgan fingerprint density at radius 2 is 2.40 bits per heavy atom. The van der Waals surface area contributed by atoms with Crippen LogP contribution < -0.4 is 10.6 Å². The maximum absolute atomic E-state index is 11.9. The van der Waals surface area contributed by atoms with Gasteiger partial charge in [-0.25, -0.2) is 0 Å². The van der Waals surface area contributed by atoms with Crippen molar-refractivity contribution in [3.05, 3.63) is 39.4 Å². The molecule has 2 N–H and O–H groups in total. The van der Waals surface area contributed by atoms with Crippen molar-refractivity contribution in [2.75, 3.05) is 19.7 Å². The van der Waals surface area contributed by atoms with E-state index in [2.05, 4.69) is 10.6 Å². The summed E-state index contributed by atoms with van der Waals surface area (Å²) >= 11 is 0. The quantitative estimate of drug-likeness (QED) is 0.618. The van der Waals surface area contributed by atoms with Crippen LogP contribution in [0.5, 0.6) is 0 Å². The lowest BCUT2D eigenvalue weighted by atomic mass is 10.1. The van der Waals surface area contributed by atoms with Gasteiger partial charge in [-0.2, -0.15) is 0 Å². The fraction of sp³-hybridized carbons (Fsp3) is 0.462. The summed E-state index contributed by atoms with van der Waals surface area (Å²) in [7, 11) is 0. The molecule has 0 bridgehead atoms. The normalized spacial score (nSPS) is 18.6. The molecule has 108 valence electrons. The Hall–Kier alpha value is -1.99. The average molecular weight is 279 g/mol. The molecule has 0 aliphatic carbocycles. The first kappa shape index (κ1) is 14.4. The first-order valence-corrected chi connectivity index (χ1v) is 6.42. The highest BCUT2D eigenvalue weighted by Crippen LogP contribution is 2.20. The fourth-order valence-electron chi connectivity index (χ4n) is 2.09. The van der Waals surface area contributed by atoms with E-state index in [0.29, 0.717) is 18.7 Å². The zero-order valence-electron chi connectivity index (χ0n) is 11.2. The summed E-state index contributed by atoms with van der Waals surface area (Å²) in [5, 5.41) is 16.7. The second-order valence-corrected chi connectivity index (χ2v) is 4.60. The number of amides is 1. The van der Waals surface area contributed by atoms with Gasteiger partial charge in [0.1, 0.15) is 6.10 Å². The number of carbonyl (C=O) groups excluding carboxylic acids is 1. The van der Waals surface area contributed by atoms with E-state index in [1.54, 1.807) is 19.1 Å². The Morgan fingerprint density at radius 1 is 1.60 bits per heavy atom. The van der Waals surface area contributed by atoms with E-state index < -0.39 is 11.0 Å². The number of nitro groups is 1. The predicted octanol–water partition coefficient (Wildman–Crippen LogP) is 0.508. The third-order valence-corrected chi connectivity index (χ3v) is 3.29. The van der Waals surface area contributed by atoms with Crippen molar-refractivity contribution in [2.24, 2.45) is 0 Å². The Bertz CT molecular complexity index is 512. The van der Waals surface area contributed by atoms with E-state index in [9.17, 15) is 14.9 Å². The summed E-state index contributed by atoms with van der Waals surface area (Å²) in [4.78, 5) is 22.3. The van der Waals surface area contributed by atoms with Crippen LogP contribution in [0.15, 0.2) is 18.2 Å². The Kier molecular flexibility index (Phi) is 4.65. The molecule has 0 spiro atoms. The monoisotopic (exact) mass is 279 g/mol. The number of nitro benzene ring substituents is 1. The first-order chi connectivity index (χ1) is 9.59. The summed E-state index contributed by atoms with van der Waals surface area (Å²) in [6.07, 6.45) is -0.497. The van der Waals surface area contributed by atoms with Gasteiger partial charge in [0.2, 0.25) is 0 Å². The van der Waals surface area contributed by atoms with Gasteiger partial charge in [0.15, 0.2) is 0 Å². The average Bonchev–Trinajstić information content (AvgIpc) is 2.46. The standard InChI is InChI=1S/C13H17N3O4/c1-9-10(3-2-4-11(9)16(18)19)7-15-13(17)12-8-14-5-6-20-12/h2-4,12,14H,5-8H2,1H3,(H,15,17). The van der Waals surface area contributed by atoms with Gasteiger partial charge >= 0.3 is 0 Å². The van der Waals surface area contributed by atoms with Crippen molar-refractivity contribution in [1.82, 2.24) is 10.6 Å². The summed E-state index contributed by atoms with van der Waals surface area (Å²) in [5.74, 6) is -0.205. The number of nitrogens with zero attached hydrogens (tertiary/aromatic N) is 1. The van der Waals surface area contributed by atoms with Crippen LogP contribution in [0.3, 0.4) is 0 Å². The van der Waals surface area contributed by atoms with Crippen molar-refractivity contribution in [3.8, 4) is 0 Å². The highest BCUT2D eigenvalue weighted by atomic mass is 16.6. The number of morpholine rings is 1.